The van der Waals surface area contributed by atoms with Gasteiger partial charge < -0.3 is 10.2 Å². The number of nitrogens with zero attached hydrogens (tertiary/aromatic N) is 2. The summed E-state index contributed by atoms with van der Waals surface area (Å²) in [5.74, 6) is 0.442. The van der Waals surface area contributed by atoms with Gasteiger partial charge in [0, 0.05) is 24.4 Å². The Hall–Kier alpha value is -0.910. The first kappa shape index (κ1) is 11.6. The minimum atomic E-state index is -0.120. The second kappa shape index (κ2) is 5.43. The predicted octanol–water partition coefficient (Wildman–Crippen LogP) is -0.0577. The second-order valence-electron chi connectivity index (χ2n) is 4.37. The summed E-state index contributed by atoms with van der Waals surface area (Å²) in [6.45, 7) is 1.88. The minimum Gasteiger partial charge on any atom is -0.395 e. The molecule has 1 aromatic heterocycles. The molecule has 1 atom stereocenters. The zero-order valence-electron chi connectivity index (χ0n) is 9.34. The van der Waals surface area contributed by atoms with E-state index in [1.54, 1.807) is 6.20 Å². The van der Waals surface area contributed by atoms with Crippen molar-refractivity contribution < 1.29 is 10.2 Å². The van der Waals surface area contributed by atoms with Crippen molar-refractivity contribution in [1.29, 1.82) is 0 Å². The summed E-state index contributed by atoms with van der Waals surface area (Å²) in [6, 6.07) is 1.88. The number of aliphatic hydroxyl groups excluding tert-OH is 2. The Kier molecular flexibility index (Phi) is 3.93. The third-order valence-corrected chi connectivity index (χ3v) is 3.35. The van der Waals surface area contributed by atoms with E-state index in [2.05, 4.69) is 15.1 Å². The van der Waals surface area contributed by atoms with Crippen LogP contribution in [0, 0.1) is 0 Å². The molecule has 0 amide bonds. The summed E-state index contributed by atoms with van der Waals surface area (Å²) in [7, 11) is 0. The molecule has 1 saturated heterocycles. The first-order valence-electron chi connectivity index (χ1n) is 5.80. The van der Waals surface area contributed by atoms with E-state index in [0.29, 0.717) is 5.92 Å². The molecule has 1 fully saturated rings. The molecule has 0 aromatic carbocycles. The maximum Gasteiger partial charge on any atom is 0.0609 e. The van der Waals surface area contributed by atoms with Crippen molar-refractivity contribution in [3.05, 3.63) is 18.0 Å². The molecule has 0 spiro atoms. The van der Waals surface area contributed by atoms with Crippen LogP contribution < -0.4 is 0 Å². The average Bonchev–Trinajstić information content (AvgIpc) is 2.85. The van der Waals surface area contributed by atoms with Crippen molar-refractivity contribution >= 4 is 0 Å². The van der Waals surface area contributed by atoms with Crippen LogP contribution in [0.3, 0.4) is 0 Å². The number of aromatic amines is 1. The summed E-state index contributed by atoms with van der Waals surface area (Å²) in [6.07, 6.45) is 4.01. The van der Waals surface area contributed by atoms with Crippen LogP contribution in [0.25, 0.3) is 0 Å². The van der Waals surface area contributed by atoms with Gasteiger partial charge in [-0.3, -0.25) is 10.00 Å². The zero-order chi connectivity index (χ0) is 11.4. The molecule has 0 saturated carbocycles. The molecule has 1 unspecified atom stereocenters. The fourth-order valence-corrected chi connectivity index (χ4v) is 2.37. The van der Waals surface area contributed by atoms with Crippen LogP contribution in [-0.2, 0) is 0 Å². The molecule has 3 N–H and O–H groups in total. The molecule has 90 valence electrons. The summed E-state index contributed by atoms with van der Waals surface area (Å²) < 4.78 is 0. The van der Waals surface area contributed by atoms with Crippen molar-refractivity contribution in [2.24, 2.45) is 0 Å². The van der Waals surface area contributed by atoms with Crippen molar-refractivity contribution in [3.63, 3.8) is 0 Å². The number of piperidine rings is 1. The first-order chi connectivity index (χ1) is 7.85. The Balaban J connectivity index is 1.98. The highest BCUT2D eigenvalue weighted by Crippen LogP contribution is 2.26. The lowest BCUT2D eigenvalue weighted by Gasteiger charge is -2.36. The van der Waals surface area contributed by atoms with Gasteiger partial charge in [0.2, 0.25) is 0 Å². The Morgan fingerprint density at radius 2 is 2.31 bits per heavy atom. The van der Waals surface area contributed by atoms with Crippen LogP contribution >= 0.6 is 0 Å². The van der Waals surface area contributed by atoms with Crippen molar-refractivity contribution in [2.45, 2.75) is 24.8 Å². The van der Waals surface area contributed by atoms with Crippen LogP contribution in [0.5, 0.6) is 0 Å². The van der Waals surface area contributed by atoms with E-state index in [1.807, 2.05) is 6.07 Å². The highest BCUT2D eigenvalue weighted by atomic mass is 16.3. The molecule has 0 aliphatic carbocycles. The van der Waals surface area contributed by atoms with Gasteiger partial charge in [0.25, 0.3) is 0 Å². The third kappa shape index (κ3) is 2.42. The maximum atomic E-state index is 9.17. The Morgan fingerprint density at radius 3 is 2.94 bits per heavy atom. The summed E-state index contributed by atoms with van der Waals surface area (Å²) >= 11 is 0. The number of aromatic nitrogens is 2. The van der Waals surface area contributed by atoms with Gasteiger partial charge in [0.15, 0.2) is 0 Å². The van der Waals surface area contributed by atoms with Crippen molar-refractivity contribution in [2.75, 3.05) is 26.3 Å². The number of H-pyrrole nitrogens is 1. The highest BCUT2D eigenvalue weighted by molar-refractivity contribution is 5.07. The van der Waals surface area contributed by atoms with Gasteiger partial charge in [-0.25, -0.2) is 0 Å². The molecule has 5 heteroatoms. The van der Waals surface area contributed by atoms with E-state index in [4.69, 9.17) is 0 Å². The van der Waals surface area contributed by atoms with Crippen molar-refractivity contribution in [3.8, 4) is 0 Å². The largest absolute Gasteiger partial charge is 0.395 e. The van der Waals surface area contributed by atoms with E-state index >= 15 is 0 Å². The standard InChI is InChI=1S/C11H19N3O2/c15-7-10(8-16)14-5-1-2-9(6-14)11-3-4-12-13-11/h3-4,9-10,15-16H,1-2,5-8H2,(H,12,13). The molecule has 5 nitrogen and oxygen atoms in total. The molecule has 1 aliphatic heterocycles. The average molecular weight is 225 g/mol. The molecule has 16 heavy (non-hydrogen) atoms. The van der Waals surface area contributed by atoms with Crippen LogP contribution in [0.15, 0.2) is 12.3 Å². The van der Waals surface area contributed by atoms with Gasteiger partial charge >= 0.3 is 0 Å². The number of hydrogen-bond donors (Lipinski definition) is 3. The van der Waals surface area contributed by atoms with Gasteiger partial charge in [-0.15, -0.1) is 0 Å². The van der Waals surface area contributed by atoms with Gasteiger partial charge in [0.05, 0.1) is 19.3 Å². The van der Waals surface area contributed by atoms with Crippen molar-refractivity contribution in [1.82, 2.24) is 15.1 Å². The zero-order valence-corrected chi connectivity index (χ0v) is 9.34. The van der Waals surface area contributed by atoms with Crippen LogP contribution in [-0.4, -0.2) is 57.7 Å². The van der Waals surface area contributed by atoms with Crippen LogP contribution in [0.4, 0.5) is 0 Å². The maximum absolute atomic E-state index is 9.17. The second-order valence-corrected chi connectivity index (χ2v) is 4.37. The number of aliphatic hydroxyl groups is 2. The number of rotatable bonds is 4. The Bertz CT molecular complexity index is 298. The Labute approximate surface area is 95.1 Å². The Morgan fingerprint density at radius 1 is 1.50 bits per heavy atom. The van der Waals surface area contributed by atoms with Crippen LogP contribution in [0.2, 0.25) is 0 Å². The van der Waals surface area contributed by atoms with E-state index in [0.717, 1.165) is 31.6 Å². The van der Waals surface area contributed by atoms with E-state index in [9.17, 15) is 10.2 Å². The predicted molar refractivity (Wildman–Crippen MR) is 60.1 cm³/mol. The molecular weight excluding hydrogens is 206 g/mol. The summed E-state index contributed by atoms with van der Waals surface area (Å²) in [5.41, 5.74) is 1.15. The quantitative estimate of drug-likeness (QED) is 0.671. The lowest BCUT2D eigenvalue weighted by molar-refractivity contribution is 0.0545. The summed E-state index contributed by atoms with van der Waals surface area (Å²) in [4.78, 5) is 2.16. The van der Waals surface area contributed by atoms with Gasteiger partial charge in [-0.05, 0) is 25.5 Å². The number of nitrogens with one attached hydrogen (secondary N) is 1. The SMILES string of the molecule is OCC(CO)N1CCCC(c2ccn[nH]2)C1. The van der Waals surface area contributed by atoms with Crippen LogP contribution in [0.1, 0.15) is 24.5 Å². The smallest absolute Gasteiger partial charge is 0.0609 e. The normalized spacial score (nSPS) is 22.8. The molecule has 2 heterocycles. The molecule has 1 aliphatic rings. The third-order valence-electron chi connectivity index (χ3n) is 3.35. The topological polar surface area (TPSA) is 72.4 Å². The molecule has 0 radical (unpaired) electrons. The number of likely N-dealkylation sites (tertiary alicyclic amines) is 1. The van der Waals surface area contributed by atoms with E-state index in [-0.39, 0.29) is 19.3 Å². The minimum absolute atomic E-state index is 0.0200. The molecule has 1 aromatic rings. The summed E-state index contributed by atoms with van der Waals surface area (Å²) in [5, 5.41) is 25.3. The molecular formula is C11H19N3O2. The highest BCUT2D eigenvalue weighted by Gasteiger charge is 2.26. The number of hydrogen-bond acceptors (Lipinski definition) is 4. The molecule has 2 rings (SSSR count). The van der Waals surface area contributed by atoms with E-state index in [1.165, 1.54) is 0 Å². The lowest BCUT2D eigenvalue weighted by Crippen LogP contribution is -2.45. The fraction of sp³-hybridized carbons (Fsp3) is 0.727. The van der Waals surface area contributed by atoms with Gasteiger partial charge in [-0.1, -0.05) is 0 Å². The van der Waals surface area contributed by atoms with E-state index < -0.39 is 0 Å². The van der Waals surface area contributed by atoms with Gasteiger partial charge in [-0.2, -0.15) is 5.10 Å². The molecule has 0 bridgehead atoms. The van der Waals surface area contributed by atoms with Gasteiger partial charge in [0.1, 0.15) is 0 Å². The fourth-order valence-electron chi connectivity index (χ4n) is 2.37. The monoisotopic (exact) mass is 225 g/mol. The lowest BCUT2D eigenvalue weighted by atomic mass is 9.94. The first-order valence-corrected chi connectivity index (χ1v) is 5.80.